The maximum Gasteiger partial charge on any atom is 0.295 e. The molecule has 3 rings (SSSR count). The number of nitrogens with zero attached hydrogens (tertiary/aromatic N) is 3. The SMILES string of the molecule is CC1(C2C=C(NC(=O)C3=NCC(C#N)CC3)CCC2F)N=C(N)COCC1(F)F. The van der Waals surface area contributed by atoms with Gasteiger partial charge in [0, 0.05) is 11.6 Å². The molecule has 2 heterocycles. The lowest BCUT2D eigenvalue weighted by Crippen LogP contribution is -2.55. The molecule has 0 saturated carbocycles. The van der Waals surface area contributed by atoms with Gasteiger partial charge in [0.05, 0.1) is 24.2 Å². The molecule has 0 aromatic heterocycles. The van der Waals surface area contributed by atoms with Crippen LogP contribution in [0.25, 0.3) is 0 Å². The number of ether oxygens (including phenoxy) is 1. The summed E-state index contributed by atoms with van der Waals surface area (Å²) in [5, 5.41) is 11.6. The number of nitrogens with one attached hydrogen (secondary N) is 1. The summed E-state index contributed by atoms with van der Waals surface area (Å²) in [5.41, 5.74) is 4.19. The summed E-state index contributed by atoms with van der Waals surface area (Å²) >= 11 is 0. The largest absolute Gasteiger partial charge is 0.386 e. The molecule has 10 heteroatoms. The molecule has 0 aromatic rings. The van der Waals surface area contributed by atoms with E-state index in [-0.39, 0.29) is 37.7 Å². The zero-order valence-corrected chi connectivity index (χ0v) is 16.1. The molecule has 0 radical (unpaired) electrons. The average Bonchev–Trinajstić information content (AvgIpc) is 2.78. The molecular weight excluding hydrogens is 387 g/mol. The van der Waals surface area contributed by atoms with Crippen LogP contribution in [0.15, 0.2) is 21.8 Å². The Kier molecular flexibility index (Phi) is 5.98. The van der Waals surface area contributed by atoms with E-state index in [1.807, 2.05) is 0 Å². The molecule has 4 unspecified atom stereocenters. The van der Waals surface area contributed by atoms with Crippen LogP contribution in [0, 0.1) is 23.2 Å². The van der Waals surface area contributed by atoms with Crippen LogP contribution in [-0.2, 0) is 9.53 Å². The first-order chi connectivity index (χ1) is 13.7. The molecule has 158 valence electrons. The summed E-state index contributed by atoms with van der Waals surface area (Å²) in [6, 6.07) is 2.12. The number of halogens is 3. The zero-order valence-electron chi connectivity index (χ0n) is 16.1. The highest BCUT2D eigenvalue weighted by Gasteiger charge is 2.58. The third-order valence-corrected chi connectivity index (χ3v) is 5.71. The molecule has 29 heavy (non-hydrogen) atoms. The smallest absolute Gasteiger partial charge is 0.295 e. The van der Waals surface area contributed by atoms with Gasteiger partial charge in [-0.25, -0.2) is 13.2 Å². The van der Waals surface area contributed by atoms with Crippen LogP contribution < -0.4 is 11.1 Å². The number of alkyl halides is 3. The van der Waals surface area contributed by atoms with Gasteiger partial charge < -0.3 is 15.8 Å². The Bertz CT molecular complexity index is 804. The van der Waals surface area contributed by atoms with Crippen molar-refractivity contribution in [1.29, 1.82) is 5.26 Å². The van der Waals surface area contributed by atoms with E-state index in [1.165, 1.54) is 13.0 Å². The van der Waals surface area contributed by atoms with Gasteiger partial charge in [0.1, 0.15) is 30.8 Å². The highest BCUT2D eigenvalue weighted by Crippen LogP contribution is 2.45. The van der Waals surface area contributed by atoms with Gasteiger partial charge in [0.15, 0.2) is 0 Å². The second-order valence-electron chi connectivity index (χ2n) is 7.83. The van der Waals surface area contributed by atoms with Crippen LogP contribution in [0.5, 0.6) is 0 Å². The number of carbonyl (C=O) groups is 1. The van der Waals surface area contributed by atoms with E-state index in [1.54, 1.807) is 0 Å². The van der Waals surface area contributed by atoms with Crippen molar-refractivity contribution in [3.05, 3.63) is 11.8 Å². The van der Waals surface area contributed by atoms with E-state index in [2.05, 4.69) is 21.4 Å². The van der Waals surface area contributed by atoms with Crippen molar-refractivity contribution in [1.82, 2.24) is 5.32 Å². The molecule has 1 aliphatic carbocycles. The molecule has 4 atom stereocenters. The third-order valence-electron chi connectivity index (χ3n) is 5.71. The second-order valence-corrected chi connectivity index (χ2v) is 7.83. The second kappa shape index (κ2) is 8.14. The van der Waals surface area contributed by atoms with Gasteiger partial charge in [-0.3, -0.25) is 14.8 Å². The molecule has 3 aliphatic rings. The van der Waals surface area contributed by atoms with Gasteiger partial charge in [-0.05, 0) is 32.6 Å². The number of amides is 1. The van der Waals surface area contributed by atoms with Crippen molar-refractivity contribution >= 4 is 17.5 Å². The standard InChI is InChI=1S/C19H24F3N5O2/c1-18(19(21,22)10-29-9-16(24)27-18)13-6-12(3-4-14(13)20)26-17(28)15-5-2-11(7-23)8-25-15/h6,11,13-14H,2-5,8-10H2,1H3,(H2,24,27)(H,26,28). The fourth-order valence-electron chi connectivity index (χ4n) is 3.87. The molecule has 3 N–H and O–H groups in total. The topological polar surface area (TPSA) is 113 Å². The highest BCUT2D eigenvalue weighted by atomic mass is 19.3. The van der Waals surface area contributed by atoms with E-state index >= 15 is 0 Å². The van der Waals surface area contributed by atoms with Gasteiger partial charge in [0.2, 0.25) is 0 Å². The molecule has 0 saturated heterocycles. The summed E-state index contributed by atoms with van der Waals surface area (Å²) in [7, 11) is 0. The summed E-state index contributed by atoms with van der Waals surface area (Å²) < 4.78 is 49.2. The Morgan fingerprint density at radius 1 is 1.41 bits per heavy atom. The van der Waals surface area contributed by atoms with E-state index in [0.717, 1.165) is 0 Å². The molecule has 0 bridgehead atoms. The van der Waals surface area contributed by atoms with Crippen LogP contribution in [0.2, 0.25) is 0 Å². The lowest BCUT2D eigenvalue weighted by Gasteiger charge is -2.41. The number of aliphatic imine (C=N–C) groups is 2. The normalized spacial score (nSPS) is 34.7. The van der Waals surface area contributed by atoms with Crippen molar-refractivity contribution < 1.29 is 22.7 Å². The summed E-state index contributed by atoms with van der Waals surface area (Å²) in [6.45, 7) is 0.265. The first-order valence-corrected chi connectivity index (χ1v) is 9.55. The fraction of sp³-hybridized carbons (Fsp3) is 0.684. The summed E-state index contributed by atoms with van der Waals surface area (Å²) in [4.78, 5) is 20.5. The van der Waals surface area contributed by atoms with Crippen LogP contribution in [-0.4, -0.2) is 54.8 Å². The number of amidine groups is 1. The maximum atomic E-state index is 14.8. The van der Waals surface area contributed by atoms with Crippen LogP contribution in [0.4, 0.5) is 13.2 Å². The molecule has 0 fully saturated rings. The van der Waals surface area contributed by atoms with Gasteiger partial charge in [-0.1, -0.05) is 6.08 Å². The van der Waals surface area contributed by atoms with Crippen molar-refractivity contribution in [2.75, 3.05) is 19.8 Å². The minimum atomic E-state index is -3.44. The van der Waals surface area contributed by atoms with Gasteiger partial charge >= 0.3 is 0 Å². The van der Waals surface area contributed by atoms with E-state index in [4.69, 9.17) is 15.7 Å². The molecular formula is C19H24F3N5O2. The number of nitriles is 1. The number of hydrogen-bond acceptors (Lipinski definition) is 6. The van der Waals surface area contributed by atoms with Crippen molar-refractivity contribution in [3.63, 3.8) is 0 Å². The predicted molar refractivity (Wildman–Crippen MR) is 100 cm³/mol. The Morgan fingerprint density at radius 2 is 2.17 bits per heavy atom. The first kappa shape index (κ1) is 21.3. The average molecular weight is 411 g/mol. The van der Waals surface area contributed by atoms with E-state index in [9.17, 15) is 18.0 Å². The number of rotatable bonds is 3. The Balaban J connectivity index is 1.82. The van der Waals surface area contributed by atoms with Crippen LogP contribution in [0.1, 0.15) is 32.6 Å². The number of carbonyl (C=O) groups excluding carboxylic acids is 1. The summed E-state index contributed by atoms with van der Waals surface area (Å²) in [5.74, 6) is -5.50. The monoisotopic (exact) mass is 411 g/mol. The Hall–Kier alpha value is -2.41. The number of allylic oxidation sites excluding steroid dienone is 1. The van der Waals surface area contributed by atoms with Crippen molar-refractivity contribution in [2.45, 2.75) is 50.2 Å². The predicted octanol–water partition coefficient (Wildman–Crippen LogP) is 1.89. The minimum Gasteiger partial charge on any atom is -0.386 e. The van der Waals surface area contributed by atoms with Crippen LogP contribution >= 0.6 is 0 Å². The van der Waals surface area contributed by atoms with E-state index < -0.39 is 36.1 Å². The van der Waals surface area contributed by atoms with Crippen molar-refractivity contribution in [2.24, 2.45) is 27.6 Å². The van der Waals surface area contributed by atoms with Crippen molar-refractivity contribution in [3.8, 4) is 6.07 Å². The highest BCUT2D eigenvalue weighted by molar-refractivity contribution is 6.39. The lowest BCUT2D eigenvalue weighted by molar-refractivity contribution is -0.131. The molecule has 0 spiro atoms. The van der Waals surface area contributed by atoms with Crippen LogP contribution in [0.3, 0.4) is 0 Å². The Morgan fingerprint density at radius 3 is 2.83 bits per heavy atom. The quantitative estimate of drug-likeness (QED) is 0.738. The first-order valence-electron chi connectivity index (χ1n) is 9.55. The number of nitrogens with two attached hydrogens (primary N) is 1. The van der Waals surface area contributed by atoms with E-state index in [0.29, 0.717) is 24.3 Å². The number of hydrogen-bond donors (Lipinski definition) is 2. The maximum absolute atomic E-state index is 14.8. The third kappa shape index (κ3) is 4.29. The van der Waals surface area contributed by atoms with Gasteiger partial charge in [-0.2, -0.15) is 5.26 Å². The Labute approximate surface area is 166 Å². The molecule has 1 amide bonds. The fourth-order valence-corrected chi connectivity index (χ4v) is 3.87. The molecule has 2 aliphatic heterocycles. The van der Waals surface area contributed by atoms with Gasteiger partial charge in [-0.15, -0.1) is 0 Å². The zero-order chi connectivity index (χ0) is 21.2. The van der Waals surface area contributed by atoms with Gasteiger partial charge in [0.25, 0.3) is 11.8 Å². The molecule has 0 aromatic carbocycles. The summed E-state index contributed by atoms with van der Waals surface area (Å²) in [6.07, 6.45) is 0.833. The lowest BCUT2D eigenvalue weighted by atomic mass is 9.74. The minimum absolute atomic E-state index is 0.0261. The molecule has 7 nitrogen and oxygen atoms in total.